The molecule has 0 aliphatic carbocycles. The van der Waals surface area contributed by atoms with Gasteiger partial charge in [0.15, 0.2) is 0 Å². The molecule has 0 unspecified atom stereocenters. The number of halogens is 1. The van der Waals surface area contributed by atoms with Crippen LogP contribution in [0.2, 0.25) is 5.02 Å². The number of aromatic amines is 1. The van der Waals surface area contributed by atoms with Gasteiger partial charge in [0.25, 0.3) is 5.56 Å². The van der Waals surface area contributed by atoms with Crippen LogP contribution in [0.25, 0.3) is 10.9 Å². The third-order valence-corrected chi connectivity index (χ3v) is 5.40. The van der Waals surface area contributed by atoms with Gasteiger partial charge in [0.2, 0.25) is 0 Å². The van der Waals surface area contributed by atoms with E-state index >= 15 is 0 Å². The Balaban J connectivity index is 1.89. The molecule has 3 aromatic rings. The van der Waals surface area contributed by atoms with E-state index in [1.165, 1.54) is 0 Å². The van der Waals surface area contributed by atoms with Crippen molar-refractivity contribution in [3.8, 4) is 0 Å². The first-order valence-electron chi connectivity index (χ1n) is 9.83. The number of nitrogens with zero attached hydrogens (tertiary/aromatic N) is 2. The number of fused-ring (bicyclic) bond motifs is 1. The molecule has 7 heteroatoms. The van der Waals surface area contributed by atoms with Crippen LogP contribution in [0.15, 0.2) is 47.3 Å². The lowest BCUT2D eigenvalue weighted by Crippen LogP contribution is -2.40. The smallest absolute Gasteiger partial charge is 0.321 e. The van der Waals surface area contributed by atoms with Gasteiger partial charge in [-0.15, -0.1) is 0 Å². The number of amides is 2. The monoisotopic (exact) mass is 426 g/mol. The van der Waals surface area contributed by atoms with E-state index in [1.807, 2.05) is 51.0 Å². The van der Waals surface area contributed by atoms with Crippen molar-refractivity contribution in [1.29, 1.82) is 0 Å². The van der Waals surface area contributed by atoms with Crippen LogP contribution < -0.4 is 10.9 Å². The molecule has 0 aliphatic heterocycles. The fraction of sp³-hybridized carbons (Fsp3) is 0.304. The van der Waals surface area contributed by atoms with Gasteiger partial charge in [-0.05, 0) is 68.7 Å². The summed E-state index contributed by atoms with van der Waals surface area (Å²) in [5.41, 5.74) is 4.00. The number of nitrogens with one attached hydrogen (secondary N) is 2. The molecule has 2 N–H and O–H groups in total. The summed E-state index contributed by atoms with van der Waals surface area (Å²) in [5, 5.41) is 4.37. The molecule has 0 bridgehead atoms. The number of carbonyl (C=O) groups is 1. The van der Waals surface area contributed by atoms with E-state index in [0.29, 0.717) is 29.4 Å². The van der Waals surface area contributed by atoms with Gasteiger partial charge < -0.3 is 20.1 Å². The van der Waals surface area contributed by atoms with E-state index in [2.05, 4.69) is 10.3 Å². The summed E-state index contributed by atoms with van der Waals surface area (Å²) < 4.78 is 0. The standard InChI is InChI=1S/C23H27ClN4O2/c1-15-8-9-17-12-18(22(29)26-21(17)16(15)2)14-28(11-10-27(3)4)23(30)25-20-7-5-6-19(24)13-20/h5-9,12-13H,10-11,14H2,1-4H3,(H,25,30)(H,26,29). The highest BCUT2D eigenvalue weighted by atomic mass is 35.5. The number of H-pyrrole nitrogens is 1. The van der Waals surface area contributed by atoms with Gasteiger partial charge >= 0.3 is 6.03 Å². The third-order valence-electron chi connectivity index (χ3n) is 5.17. The predicted octanol–water partition coefficient (Wildman–Crippen LogP) is 4.39. The Kier molecular flexibility index (Phi) is 6.80. The van der Waals surface area contributed by atoms with Crippen molar-refractivity contribution in [1.82, 2.24) is 14.8 Å². The summed E-state index contributed by atoms with van der Waals surface area (Å²) in [4.78, 5) is 32.3. The highest BCUT2D eigenvalue weighted by molar-refractivity contribution is 6.30. The van der Waals surface area contributed by atoms with E-state index in [1.54, 1.807) is 29.2 Å². The quantitative estimate of drug-likeness (QED) is 0.614. The number of carbonyl (C=O) groups excluding carboxylic acids is 1. The van der Waals surface area contributed by atoms with Crippen LogP contribution in [-0.4, -0.2) is 48.0 Å². The molecule has 0 saturated heterocycles. The summed E-state index contributed by atoms with van der Waals surface area (Å²) in [6.45, 7) is 5.37. The van der Waals surface area contributed by atoms with Crippen LogP contribution in [0.1, 0.15) is 16.7 Å². The van der Waals surface area contributed by atoms with E-state index in [0.717, 1.165) is 22.0 Å². The lowest BCUT2D eigenvalue weighted by molar-refractivity contribution is 0.202. The van der Waals surface area contributed by atoms with Crippen LogP contribution in [0.5, 0.6) is 0 Å². The molecule has 0 aliphatic rings. The first-order valence-corrected chi connectivity index (χ1v) is 10.2. The molecule has 2 aromatic carbocycles. The maximum Gasteiger partial charge on any atom is 0.322 e. The zero-order valence-corrected chi connectivity index (χ0v) is 18.5. The molecule has 3 rings (SSSR count). The van der Waals surface area contributed by atoms with Gasteiger partial charge in [0, 0.05) is 29.4 Å². The molecule has 0 radical (unpaired) electrons. The molecule has 0 fully saturated rings. The molecule has 30 heavy (non-hydrogen) atoms. The summed E-state index contributed by atoms with van der Waals surface area (Å²) in [6.07, 6.45) is 0. The fourth-order valence-electron chi connectivity index (χ4n) is 3.24. The van der Waals surface area contributed by atoms with Gasteiger partial charge in [-0.2, -0.15) is 0 Å². The average molecular weight is 427 g/mol. The van der Waals surface area contributed by atoms with E-state index in [4.69, 9.17) is 11.6 Å². The lowest BCUT2D eigenvalue weighted by Gasteiger charge is -2.25. The minimum absolute atomic E-state index is 0.179. The van der Waals surface area contributed by atoms with Crippen molar-refractivity contribution in [2.75, 3.05) is 32.5 Å². The molecule has 0 saturated carbocycles. The summed E-state index contributed by atoms with van der Waals surface area (Å²) >= 11 is 6.02. The maximum atomic E-state index is 13.0. The van der Waals surface area contributed by atoms with Crippen molar-refractivity contribution >= 4 is 34.2 Å². The summed E-state index contributed by atoms with van der Waals surface area (Å²) in [7, 11) is 3.89. The van der Waals surface area contributed by atoms with Gasteiger partial charge in [-0.3, -0.25) is 4.79 Å². The number of hydrogen-bond donors (Lipinski definition) is 2. The van der Waals surface area contributed by atoms with Crippen molar-refractivity contribution in [2.24, 2.45) is 0 Å². The molecule has 1 heterocycles. The number of likely N-dealkylation sites (N-methyl/N-ethyl adjacent to an activating group) is 1. The van der Waals surface area contributed by atoms with Crippen LogP contribution in [0.3, 0.4) is 0 Å². The molecule has 6 nitrogen and oxygen atoms in total. The maximum absolute atomic E-state index is 13.0. The van der Waals surface area contributed by atoms with Gasteiger partial charge in [0.1, 0.15) is 0 Å². The Morgan fingerprint density at radius 1 is 1.10 bits per heavy atom. The topological polar surface area (TPSA) is 68.4 Å². The highest BCUT2D eigenvalue weighted by Gasteiger charge is 2.17. The summed E-state index contributed by atoms with van der Waals surface area (Å²) in [6, 6.07) is 12.6. The van der Waals surface area contributed by atoms with Crippen molar-refractivity contribution in [2.45, 2.75) is 20.4 Å². The zero-order chi connectivity index (χ0) is 21.8. The SMILES string of the molecule is Cc1ccc2cc(CN(CCN(C)C)C(=O)Nc3cccc(Cl)c3)c(=O)[nH]c2c1C. The van der Waals surface area contributed by atoms with Crippen molar-refractivity contribution in [3.05, 3.63) is 74.5 Å². The molecule has 0 atom stereocenters. The number of hydrogen-bond acceptors (Lipinski definition) is 3. The Hall–Kier alpha value is -2.83. The van der Waals surface area contributed by atoms with Gasteiger partial charge in [0.05, 0.1) is 12.1 Å². The van der Waals surface area contributed by atoms with Crippen molar-refractivity contribution in [3.63, 3.8) is 0 Å². The van der Waals surface area contributed by atoms with Crippen LogP contribution in [-0.2, 0) is 6.54 Å². The van der Waals surface area contributed by atoms with Crippen LogP contribution in [0.4, 0.5) is 10.5 Å². The van der Waals surface area contributed by atoms with Gasteiger partial charge in [-0.1, -0.05) is 29.8 Å². The second kappa shape index (κ2) is 9.32. The van der Waals surface area contributed by atoms with E-state index in [9.17, 15) is 9.59 Å². The minimum atomic E-state index is -0.279. The van der Waals surface area contributed by atoms with E-state index in [-0.39, 0.29) is 18.1 Å². The lowest BCUT2D eigenvalue weighted by atomic mass is 10.0. The van der Waals surface area contributed by atoms with Gasteiger partial charge in [-0.25, -0.2) is 4.79 Å². The number of aromatic nitrogens is 1. The molecule has 2 amide bonds. The largest absolute Gasteiger partial charge is 0.322 e. The first-order chi connectivity index (χ1) is 14.2. The molecule has 158 valence electrons. The Bertz CT molecular complexity index is 1120. The summed E-state index contributed by atoms with van der Waals surface area (Å²) in [5.74, 6) is 0. The first kappa shape index (κ1) is 21.9. The molecular formula is C23H27ClN4O2. The number of aryl methyl sites for hydroxylation is 2. The van der Waals surface area contributed by atoms with Crippen LogP contribution >= 0.6 is 11.6 Å². The fourth-order valence-corrected chi connectivity index (χ4v) is 3.43. The minimum Gasteiger partial charge on any atom is -0.321 e. The molecular weight excluding hydrogens is 400 g/mol. The molecule has 0 spiro atoms. The van der Waals surface area contributed by atoms with Crippen molar-refractivity contribution < 1.29 is 4.79 Å². The Morgan fingerprint density at radius 2 is 1.87 bits per heavy atom. The molecule has 1 aromatic heterocycles. The Morgan fingerprint density at radius 3 is 2.57 bits per heavy atom. The normalized spacial score (nSPS) is 11.1. The number of urea groups is 1. The third kappa shape index (κ3) is 5.20. The second-order valence-corrected chi connectivity index (χ2v) is 8.20. The number of anilines is 1. The number of pyridine rings is 1. The zero-order valence-electron chi connectivity index (χ0n) is 17.8. The van der Waals surface area contributed by atoms with Crippen LogP contribution in [0, 0.1) is 13.8 Å². The number of rotatable bonds is 6. The van der Waals surface area contributed by atoms with E-state index < -0.39 is 0 Å². The predicted molar refractivity (Wildman–Crippen MR) is 123 cm³/mol. The Labute approximate surface area is 181 Å². The average Bonchev–Trinajstić information content (AvgIpc) is 2.68. The second-order valence-electron chi connectivity index (χ2n) is 7.76. The highest BCUT2D eigenvalue weighted by Crippen LogP contribution is 2.20. The number of benzene rings is 2.